The first kappa shape index (κ1) is 19.9. The molecular weight excluding hydrogens is 388 g/mol. The van der Waals surface area contributed by atoms with Crippen LogP contribution in [0.2, 0.25) is 0 Å². The summed E-state index contributed by atoms with van der Waals surface area (Å²) >= 11 is 0. The van der Waals surface area contributed by atoms with Crippen LogP contribution in [0.4, 0.5) is 10.5 Å². The van der Waals surface area contributed by atoms with Crippen LogP contribution in [0.3, 0.4) is 0 Å². The van der Waals surface area contributed by atoms with Gasteiger partial charge in [-0.2, -0.15) is 4.31 Å². The maximum Gasteiger partial charge on any atom is 0.414 e. The Morgan fingerprint density at radius 1 is 0.966 bits per heavy atom. The molecular formula is C22H26N2O4S. The van der Waals surface area contributed by atoms with Gasteiger partial charge in [0.2, 0.25) is 10.0 Å². The largest absolute Gasteiger partial charge is 0.444 e. The quantitative estimate of drug-likeness (QED) is 0.763. The lowest BCUT2D eigenvalue weighted by Gasteiger charge is -2.39. The number of carbonyl (C=O) groups excluding carboxylic acids is 1. The summed E-state index contributed by atoms with van der Waals surface area (Å²) in [7, 11) is -3.54. The fraction of sp³-hybridized carbons (Fsp3) is 0.409. The van der Waals surface area contributed by atoms with Gasteiger partial charge in [0.15, 0.2) is 0 Å². The van der Waals surface area contributed by atoms with Gasteiger partial charge < -0.3 is 4.74 Å². The maximum absolute atomic E-state index is 13.1. The Morgan fingerprint density at radius 2 is 1.69 bits per heavy atom. The zero-order valence-electron chi connectivity index (χ0n) is 17.0. The first-order valence-corrected chi connectivity index (χ1v) is 11.3. The van der Waals surface area contributed by atoms with Crippen molar-refractivity contribution < 1.29 is 17.9 Å². The first-order valence-electron chi connectivity index (χ1n) is 9.90. The highest BCUT2D eigenvalue weighted by molar-refractivity contribution is 7.89. The topological polar surface area (TPSA) is 66.9 Å². The number of fused-ring (bicyclic) bond motifs is 1. The van der Waals surface area contributed by atoms with Crippen molar-refractivity contribution in [1.82, 2.24) is 4.31 Å². The van der Waals surface area contributed by atoms with Crippen LogP contribution in [0.1, 0.15) is 35.1 Å². The van der Waals surface area contributed by atoms with Crippen molar-refractivity contribution in [3.63, 3.8) is 0 Å². The van der Waals surface area contributed by atoms with E-state index in [4.69, 9.17) is 4.74 Å². The number of rotatable bonds is 3. The molecule has 2 aromatic rings. The molecule has 154 valence electrons. The molecule has 0 aliphatic carbocycles. The van der Waals surface area contributed by atoms with E-state index in [2.05, 4.69) is 0 Å². The average molecular weight is 415 g/mol. The molecule has 1 amide bonds. The molecule has 2 heterocycles. The van der Waals surface area contributed by atoms with Gasteiger partial charge in [0.25, 0.3) is 0 Å². The van der Waals surface area contributed by atoms with Gasteiger partial charge in [0, 0.05) is 24.7 Å². The molecule has 6 nitrogen and oxygen atoms in total. The van der Waals surface area contributed by atoms with E-state index in [9.17, 15) is 13.2 Å². The second kappa shape index (κ2) is 7.46. The minimum atomic E-state index is -3.54. The van der Waals surface area contributed by atoms with Crippen molar-refractivity contribution >= 4 is 21.8 Å². The normalized spacial score (nSPS) is 18.4. The third-order valence-corrected chi connectivity index (χ3v) is 7.84. The predicted octanol–water partition coefficient (Wildman–Crippen LogP) is 3.92. The average Bonchev–Trinajstić information content (AvgIpc) is 2.70. The van der Waals surface area contributed by atoms with Crippen LogP contribution in [0.5, 0.6) is 0 Å². The molecule has 0 aromatic heterocycles. The Morgan fingerprint density at radius 3 is 2.38 bits per heavy atom. The number of sulfonamides is 1. The second-order valence-corrected chi connectivity index (χ2v) is 9.88. The molecule has 0 spiro atoms. The number of aryl methyl sites for hydroxylation is 3. The smallest absolute Gasteiger partial charge is 0.414 e. The number of nitrogens with zero attached hydrogens (tertiary/aromatic N) is 2. The highest BCUT2D eigenvalue weighted by Gasteiger charge is 2.37. The second-order valence-electron chi connectivity index (χ2n) is 7.94. The van der Waals surface area contributed by atoms with Gasteiger partial charge in [-0.25, -0.2) is 13.2 Å². The first-order chi connectivity index (χ1) is 13.8. The van der Waals surface area contributed by atoms with Gasteiger partial charge in [-0.3, -0.25) is 4.90 Å². The number of hydrogen-bond acceptors (Lipinski definition) is 4. The summed E-state index contributed by atoms with van der Waals surface area (Å²) < 4.78 is 33.0. The van der Waals surface area contributed by atoms with Gasteiger partial charge in [-0.1, -0.05) is 23.8 Å². The van der Waals surface area contributed by atoms with Crippen LogP contribution in [-0.2, 0) is 21.4 Å². The van der Waals surface area contributed by atoms with Crippen molar-refractivity contribution in [2.75, 3.05) is 18.0 Å². The molecule has 29 heavy (non-hydrogen) atoms. The molecule has 7 heteroatoms. The van der Waals surface area contributed by atoms with Crippen molar-refractivity contribution in [2.45, 2.75) is 51.2 Å². The number of anilines is 1. The van der Waals surface area contributed by atoms with Crippen LogP contribution in [0.15, 0.2) is 41.3 Å². The third-order valence-electron chi connectivity index (χ3n) is 5.95. The lowest BCUT2D eigenvalue weighted by Crippen LogP contribution is -2.50. The van der Waals surface area contributed by atoms with E-state index in [1.165, 1.54) is 4.31 Å². The number of benzene rings is 2. The van der Waals surface area contributed by atoms with E-state index >= 15 is 0 Å². The Labute approximate surface area is 172 Å². The highest BCUT2D eigenvalue weighted by atomic mass is 32.2. The summed E-state index contributed by atoms with van der Waals surface area (Å²) in [4.78, 5) is 14.5. The summed E-state index contributed by atoms with van der Waals surface area (Å²) in [5.41, 5.74) is 5.03. The van der Waals surface area contributed by atoms with E-state index in [0.717, 1.165) is 27.9 Å². The molecule has 2 aliphatic heterocycles. The Bertz CT molecular complexity index is 1060. The van der Waals surface area contributed by atoms with Crippen LogP contribution in [0.25, 0.3) is 0 Å². The van der Waals surface area contributed by atoms with Gasteiger partial charge in [-0.15, -0.1) is 0 Å². The molecule has 4 rings (SSSR count). The Balaban J connectivity index is 1.52. The number of cyclic esters (lactones) is 1. The van der Waals surface area contributed by atoms with E-state index < -0.39 is 10.0 Å². The molecule has 0 bridgehead atoms. The molecule has 2 aromatic carbocycles. The number of amides is 1. The van der Waals surface area contributed by atoms with Crippen molar-refractivity contribution in [2.24, 2.45) is 0 Å². The maximum atomic E-state index is 13.1. The van der Waals surface area contributed by atoms with Crippen molar-refractivity contribution in [3.05, 3.63) is 58.7 Å². The third kappa shape index (κ3) is 3.65. The van der Waals surface area contributed by atoms with Crippen molar-refractivity contribution in [3.8, 4) is 0 Å². The van der Waals surface area contributed by atoms with Gasteiger partial charge in [0.05, 0.1) is 10.6 Å². The summed E-state index contributed by atoms with van der Waals surface area (Å²) in [6.07, 6.45) is 0.802. The number of piperidine rings is 1. The minimum Gasteiger partial charge on any atom is -0.444 e. The minimum absolute atomic E-state index is 0.0736. The summed E-state index contributed by atoms with van der Waals surface area (Å²) in [5.74, 6) is 0. The van der Waals surface area contributed by atoms with Crippen LogP contribution >= 0.6 is 0 Å². The standard InChI is InChI=1S/C22H26N2O4S/c1-15-4-7-21-18(12-15)14-28-22(25)24(21)19-8-10-23(11-9-19)29(26,27)20-6-5-16(2)17(3)13-20/h4-7,12-13,19H,8-11,14H2,1-3H3. The summed E-state index contributed by atoms with van der Waals surface area (Å²) in [6, 6.07) is 11.2. The molecule has 1 fully saturated rings. The van der Waals surface area contributed by atoms with Crippen LogP contribution in [0, 0.1) is 20.8 Å². The zero-order valence-corrected chi connectivity index (χ0v) is 17.8. The van der Waals surface area contributed by atoms with Gasteiger partial charge in [0.1, 0.15) is 6.61 Å². The van der Waals surface area contributed by atoms with E-state index in [-0.39, 0.29) is 18.7 Å². The fourth-order valence-corrected chi connectivity index (χ4v) is 5.64. The zero-order chi connectivity index (χ0) is 20.8. The molecule has 0 N–H and O–H groups in total. The number of hydrogen-bond donors (Lipinski definition) is 0. The monoisotopic (exact) mass is 414 g/mol. The molecule has 1 saturated heterocycles. The Kier molecular flexibility index (Phi) is 5.12. The lowest BCUT2D eigenvalue weighted by molar-refractivity contribution is 0.135. The SMILES string of the molecule is Cc1ccc2c(c1)COC(=O)N2C1CCN(S(=O)(=O)c2ccc(C)c(C)c2)CC1. The van der Waals surface area contributed by atoms with Crippen molar-refractivity contribution in [1.29, 1.82) is 0 Å². The fourth-order valence-electron chi connectivity index (χ4n) is 4.08. The Hall–Kier alpha value is -2.38. The lowest BCUT2D eigenvalue weighted by atomic mass is 10.0. The highest BCUT2D eigenvalue weighted by Crippen LogP contribution is 2.33. The van der Waals surface area contributed by atoms with E-state index in [1.54, 1.807) is 17.0 Å². The van der Waals surface area contributed by atoms with Gasteiger partial charge >= 0.3 is 6.09 Å². The van der Waals surface area contributed by atoms with Crippen LogP contribution < -0.4 is 4.90 Å². The molecule has 0 atom stereocenters. The molecule has 2 aliphatic rings. The summed E-state index contributed by atoms with van der Waals surface area (Å²) in [6.45, 7) is 6.94. The predicted molar refractivity (Wildman–Crippen MR) is 112 cm³/mol. The molecule has 0 unspecified atom stereocenters. The number of carbonyl (C=O) groups is 1. The van der Waals surface area contributed by atoms with E-state index in [0.29, 0.717) is 30.8 Å². The molecule has 0 radical (unpaired) electrons. The summed E-state index contributed by atoms with van der Waals surface area (Å²) in [5, 5.41) is 0. The number of ether oxygens (including phenoxy) is 1. The molecule has 0 saturated carbocycles. The van der Waals surface area contributed by atoms with Gasteiger partial charge in [-0.05, 0) is 62.9 Å². The van der Waals surface area contributed by atoms with E-state index in [1.807, 2.05) is 45.0 Å². The van der Waals surface area contributed by atoms with Crippen LogP contribution in [-0.4, -0.2) is 37.9 Å².